The van der Waals surface area contributed by atoms with Gasteiger partial charge in [0.25, 0.3) is 0 Å². The molecular formula is C12H19BrN4O. The van der Waals surface area contributed by atoms with Crippen molar-refractivity contribution in [2.24, 2.45) is 0 Å². The Labute approximate surface area is 116 Å². The van der Waals surface area contributed by atoms with Crippen molar-refractivity contribution < 1.29 is 4.74 Å². The van der Waals surface area contributed by atoms with E-state index in [4.69, 9.17) is 4.74 Å². The second-order valence-electron chi connectivity index (χ2n) is 4.91. The zero-order chi connectivity index (χ0) is 13.2. The molecule has 5 nitrogen and oxygen atoms in total. The minimum Gasteiger partial charge on any atom is -0.377 e. The maximum atomic E-state index is 5.54. The monoisotopic (exact) mass is 314 g/mol. The Bertz CT molecular complexity index is 425. The van der Waals surface area contributed by atoms with Crippen LogP contribution in [0.4, 0.5) is 11.8 Å². The van der Waals surface area contributed by atoms with Crippen LogP contribution < -0.4 is 10.2 Å². The van der Waals surface area contributed by atoms with Crippen molar-refractivity contribution in [1.29, 1.82) is 0 Å². The summed E-state index contributed by atoms with van der Waals surface area (Å²) in [5.74, 6) is 1.59. The number of halogens is 1. The van der Waals surface area contributed by atoms with E-state index in [9.17, 15) is 0 Å². The van der Waals surface area contributed by atoms with E-state index < -0.39 is 0 Å². The lowest BCUT2D eigenvalue weighted by molar-refractivity contribution is 0.0638. The molecule has 0 amide bonds. The first kappa shape index (κ1) is 13.5. The predicted octanol–water partition coefficient (Wildman–Crippen LogP) is 2.29. The summed E-state index contributed by atoms with van der Waals surface area (Å²) in [6.45, 7) is 9.45. The number of hydrogen-bond acceptors (Lipinski definition) is 5. The Morgan fingerprint density at radius 1 is 1.56 bits per heavy atom. The van der Waals surface area contributed by atoms with E-state index >= 15 is 0 Å². The highest BCUT2D eigenvalue weighted by molar-refractivity contribution is 9.10. The van der Waals surface area contributed by atoms with E-state index in [1.165, 1.54) is 0 Å². The molecular weight excluding hydrogens is 296 g/mol. The summed E-state index contributed by atoms with van der Waals surface area (Å²) in [4.78, 5) is 11.1. The van der Waals surface area contributed by atoms with Gasteiger partial charge in [-0.2, -0.15) is 4.98 Å². The van der Waals surface area contributed by atoms with Crippen LogP contribution in [0.15, 0.2) is 10.7 Å². The Morgan fingerprint density at radius 2 is 2.33 bits per heavy atom. The molecule has 1 N–H and O–H groups in total. The molecule has 2 heterocycles. The van der Waals surface area contributed by atoms with Crippen molar-refractivity contribution in [1.82, 2.24) is 9.97 Å². The maximum absolute atomic E-state index is 5.54. The highest BCUT2D eigenvalue weighted by atomic mass is 79.9. The van der Waals surface area contributed by atoms with Gasteiger partial charge in [0.1, 0.15) is 5.82 Å². The number of morpholine rings is 1. The summed E-state index contributed by atoms with van der Waals surface area (Å²) in [5.41, 5.74) is -0.0569. The van der Waals surface area contributed by atoms with E-state index in [0.717, 1.165) is 30.0 Å². The number of anilines is 2. The van der Waals surface area contributed by atoms with Gasteiger partial charge in [-0.05, 0) is 36.7 Å². The lowest BCUT2D eigenvalue weighted by Gasteiger charge is -2.43. The molecule has 0 bridgehead atoms. The van der Waals surface area contributed by atoms with Gasteiger partial charge in [0.2, 0.25) is 5.95 Å². The average Bonchev–Trinajstić information content (AvgIpc) is 2.32. The largest absolute Gasteiger partial charge is 0.377 e. The molecule has 0 aromatic carbocycles. The van der Waals surface area contributed by atoms with Gasteiger partial charge in [-0.15, -0.1) is 0 Å². The molecule has 100 valence electrons. The molecule has 0 atom stereocenters. The van der Waals surface area contributed by atoms with Crippen molar-refractivity contribution in [3.63, 3.8) is 0 Å². The molecule has 0 radical (unpaired) electrons. The summed E-state index contributed by atoms with van der Waals surface area (Å²) in [6, 6.07) is 0. The molecule has 0 aliphatic carbocycles. The first-order valence-corrected chi connectivity index (χ1v) is 6.95. The Morgan fingerprint density at radius 3 is 3.00 bits per heavy atom. The van der Waals surface area contributed by atoms with Gasteiger partial charge in [0.15, 0.2) is 0 Å². The Balaban J connectivity index is 2.33. The lowest BCUT2D eigenvalue weighted by atomic mass is 10.0. The molecule has 1 aliphatic heterocycles. The summed E-state index contributed by atoms with van der Waals surface area (Å²) >= 11 is 3.53. The van der Waals surface area contributed by atoms with Gasteiger partial charge in [-0.3, -0.25) is 0 Å². The quantitative estimate of drug-likeness (QED) is 0.927. The minimum absolute atomic E-state index is 0.0569. The van der Waals surface area contributed by atoms with Crippen LogP contribution in [0.25, 0.3) is 0 Å². The number of hydrogen-bond donors (Lipinski definition) is 1. The van der Waals surface area contributed by atoms with E-state index in [0.29, 0.717) is 12.6 Å². The van der Waals surface area contributed by atoms with Crippen LogP contribution >= 0.6 is 15.9 Å². The third-order valence-corrected chi connectivity index (χ3v) is 3.52. The fourth-order valence-corrected chi connectivity index (χ4v) is 2.45. The number of aromatic nitrogens is 2. The standard InChI is InChI=1S/C12H19BrN4O/c1-4-14-11-15-7-9(13)10(16-11)17-5-6-18-8-12(17,2)3/h7H,4-6,8H2,1-3H3,(H,14,15,16). The predicted molar refractivity (Wildman–Crippen MR) is 76.1 cm³/mol. The number of nitrogens with zero attached hydrogens (tertiary/aromatic N) is 3. The summed E-state index contributed by atoms with van der Waals surface area (Å²) in [5, 5.41) is 3.14. The Kier molecular flexibility index (Phi) is 4.07. The molecule has 1 aliphatic rings. The first-order chi connectivity index (χ1) is 8.54. The third kappa shape index (κ3) is 2.75. The molecule has 18 heavy (non-hydrogen) atoms. The van der Waals surface area contributed by atoms with Gasteiger partial charge in [0.05, 0.1) is 23.2 Å². The van der Waals surface area contributed by atoms with Gasteiger partial charge in [-0.25, -0.2) is 4.98 Å². The average molecular weight is 315 g/mol. The summed E-state index contributed by atoms with van der Waals surface area (Å²) in [6.07, 6.45) is 1.80. The third-order valence-electron chi connectivity index (χ3n) is 2.96. The zero-order valence-electron chi connectivity index (χ0n) is 11.0. The highest BCUT2D eigenvalue weighted by Crippen LogP contribution is 2.31. The Hall–Kier alpha value is -0.880. The van der Waals surface area contributed by atoms with E-state index in [1.807, 2.05) is 6.92 Å². The molecule has 6 heteroatoms. The second kappa shape index (κ2) is 5.40. The van der Waals surface area contributed by atoms with Gasteiger partial charge in [0, 0.05) is 19.3 Å². The molecule has 1 aromatic heterocycles. The lowest BCUT2D eigenvalue weighted by Crippen LogP contribution is -2.53. The highest BCUT2D eigenvalue weighted by Gasteiger charge is 2.32. The van der Waals surface area contributed by atoms with Crippen molar-refractivity contribution >= 4 is 27.7 Å². The topological polar surface area (TPSA) is 50.3 Å². The van der Waals surface area contributed by atoms with Crippen LogP contribution in [0, 0.1) is 0 Å². The fraction of sp³-hybridized carbons (Fsp3) is 0.667. The molecule has 0 saturated carbocycles. The zero-order valence-corrected chi connectivity index (χ0v) is 12.6. The minimum atomic E-state index is -0.0569. The van der Waals surface area contributed by atoms with Gasteiger partial charge < -0.3 is 15.0 Å². The van der Waals surface area contributed by atoms with E-state index in [2.05, 4.69) is 50.0 Å². The second-order valence-corrected chi connectivity index (χ2v) is 5.77. The normalized spacial score (nSPS) is 18.8. The van der Waals surface area contributed by atoms with Crippen LogP contribution in [0.1, 0.15) is 20.8 Å². The molecule has 1 fully saturated rings. The van der Waals surface area contributed by atoms with Gasteiger partial charge >= 0.3 is 0 Å². The van der Waals surface area contributed by atoms with Crippen molar-refractivity contribution in [3.8, 4) is 0 Å². The van der Waals surface area contributed by atoms with Crippen LogP contribution in [0.3, 0.4) is 0 Å². The van der Waals surface area contributed by atoms with E-state index in [-0.39, 0.29) is 5.54 Å². The molecule has 1 aromatic rings. The van der Waals surface area contributed by atoms with Crippen LogP contribution in [-0.2, 0) is 4.74 Å². The van der Waals surface area contributed by atoms with Crippen LogP contribution in [0.2, 0.25) is 0 Å². The number of ether oxygens (including phenoxy) is 1. The molecule has 1 saturated heterocycles. The number of rotatable bonds is 3. The van der Waals surface area contributed by atoms with Crippen LogP contribution in [-0.4, -0.2) is 41.8 Å². The maximum Gasteiger partial charge on any atom is 0.224 e. The van der Waals surface area contributed by atoms with E-state index in [1.54, 1.807) is 6.20 Å². The summed E-state index contributed by atoms with van der Waals surface area (Å²) < 4.78 is 6.45. The molecule has 0 unspecified atom stereocenters. The van der Waals surface area contributed by atoms with Crippen molar-refractivity contribution in [2.45, 2.75) is 26.3 Å². The summed E-state index contributed by atoms with van der Waals surface area (Å²) in [7, 11) is 0. The van der Waals surface area contributed by atoms with Crippen LogP contribution in [0.5, 0.6) is 0 Å². The fourth-order valence-electron chi connectivity index (χ4n) is 2.04. The molecule has 2 rings (SSSR count). The SMILES string of the molecule is CCNc1ncc(Br)c(N2CCOCC2(C)C)n1. The van der Waals surface area contributed by atoms with Crippen molar-refractivity contribution in [2.75, 3.05) is 36.5 Å². The molecule has 0 spiro atoms. The first-order valence-electron chi connectivity index (χ1n) is 6.16. The number of nitrogens with one attached hydrogen (secondary N) is 1. The smallest absolute Gasteiger partial charge is 0.224 e. The van der Waals surface area contributed by atoms with Gasteiger partial charge in [-0.1, -0.05) is 0 Å². The van der Waals surface area contributed by atoms with Crippen molar-refractivity contribution in [3.05, 3.63) is 10.7 Å².